The molecule has 0 amide bonds. The van der Waals surface area contributed by atoms with E-state index in [0.29, 0.717) is 12.4 Å². The Hall–Kier alpha value is -3.20. The molecular weight excluding hydrogens is 378 g/mol. The first-order valence-electron chi connectivity index (χ1n) is 8.53. The van der Waals surface area contributed by atoms with Gasteiger partial charge in [0.15, 0.2) is 5.82 Å². The van der Waals surface area contributed by atoms with E-state index in [1.165, 1.54) is 7.11 Å². The maximum Gasteiger partial charge on any atom is 0.266 e. The lowest BCUT2D eigenvalue weighted by molar-refractivity contribution is 0.402. The average molecular weight is 399 g/mol. The zero-order valence-corrected chi connectivity index (χ0v) is 16.6. The molecule has 0 aliphatic carbocycles. The monoisotopic (exact) mass is 399 g/mol. The molecule has 0 fully saturated rings. The molecule has 0 spiro atoms. The summed E-state index contributed by atoms with van der Waals surface area (Å²) in [6, 6.07) is 10.3. The van der Waals surface area contributed by atoms with Gasteiger partial charge < -0.3 is 10.1 Å². The molecule has 0 saturated carbocycles. The fraction of sp³-hybridized carbons (Fsp3) is 0.211. The number of hydrogen-bond donors (Lipinski definition) is 2. The van der Waals surface area contributed by atoms with Gasteiger partial charge in [0.1, 0.15) is 16.5 Å². The van der Waals surface area contributed by atoms with Gasteiger partial charge in [-0.2, -0.15) is 0 Å². The first kappa shape index (κ1) is 19.6. The summed E-state index contributed by atoms with van der Waals surface area (Å²) in [5.74, 6) is 0.928. The highest BCUT2D eigenvalue weighted by molar-refractivity contribution is 7.92. The third kappa shape index (κ3) is 4.55. The van der Waals surface area contributed by atoms with Gasteiger partial charge in [-0.15, -0.1) is 10.2 Å². The maximum atomic E-state index is 12.8. The summed E-state index contributed by atoms with van der Waals surface area (Å²) in [6.07, 6.45) is 3.42. The molecule has 0 saturated heterocycles. The summed E-state index contributed by atoms with van der Waals surface area (Å²) in [5, 5.41) is 11.1. The zero-order valence-electron chi connectivity index (χ0n) is 15.8. The van der Waals surface area contributed by atoms with Crippen LogP contribution in [0.1, 0.15) is 16.7 Å². The smallest absolute Gasteiger partial charge is 0.266 e. The summed E-state index contributed by atoms with van der Waals surface area (Å²) in [7, 11) is -2.43. The van der Waals surface area contributed by atoms with Gasteiger partial charge >= 0.3 is 0 Å². The number of sulfonamides is 1. The Morgan fingerprint density at radius 2 is 1.61 bits per heavy atom. The summed E-state index contributed by atoms with van der Waals surface area (Å²) in [6.45, 7) is 4.30. The fourth-order valence-corrected chi connectivity index (χ4v) is 3.73. The second-order valence-corrected chi connectivity index (χ2v) is 7.86. The van der Waals surface area contributed by atoms with Crippen LogP contribution >= 0.6 is 0 Å². The van der Waals surface area contributed by atoms with Gasteiger partial charge in [-0.25, -0.2) is 8.42 Å². The largest absolute Gasteiger partial charge is 0.495 e. The highest BCUT2D eigenvalue weighted by Crippen LogP contribution is 2.28. The van der Waals surface area contributed by atoms with Crippen molar-refractivity contribution in [3.8, 4) is 5.75 Å². The van der Waals surface area contributed by atoms with Crippen LogP contribution in [0.25, 0.3) is 0 Å². The lowest BCUT2D eigenvalue weighted by Gasteiger charge is -2.13. The standard InChI is InChI=1S/C19H21N5O3S/c1-13-10-16(27-3)17(11-14(13)2)28(25,26)24-19-5-4-18(22-23-19)21-12-15-6-8-20-9-7-15/h4-11H,12H2,1-3H3,(H,21,22)(H,23,24). The van der Waals surface area contributed by atoms with Crippen molar-refractivity contribution < 1.29 is 13.2 Å². The van der Waals surface area contributed by atoms with Crippen LogP contribution in [0.15, 0.2) is 53.7 Å². The molecule has 2 aromatic heterocycles. The van der Waals surface area contributed by atoms with Crippen LogP contribution in [-0.2, 0) is 16.6 Å². The van der Waals surface area contributed by atoms with Crippen molar-refractivity contribution >= 4 is 21.7 Å². The number of ether oxygens (including phenoxy) is 1. The normalized spacial score (nSPS) is 11.1. The summed E-state index contributed by atoms with van der Waals surface area (Å²) >= 11 is 0. The average Bonchev–Trinajstić information content (AvgIpc) is 2.69. The van der Waals surface area contributed by atoms with E-state index in [-0.39, 0.29) is 16.5 Å². The van der Waals surface area contributed by atoms with Crippen molar-refractivity contribution in [3.63, 3.8) is 0 Å². The number of nitrogens with zero attached hydrogens (tertiary/aromatic N) is 3. The quantitative estimate of drug-likeness (QED) is 0.629. The van der Waals surface area contributed by atoms with Crippen LogP contribution in [0.4, 0.5) is 11.6 Å². The van der Waals surface area contributed by atoms with Crippen LogP contribution < -0.4 is 14.8 Å². The van der Waals surface area contributed by atoms with E-state index in [1.807, 2.05) is 26.0 Å². The van der Waals surface area contributed by atoms with Crippen molar-refractivity contribution in [2.24, 2.45) is 0 Å². The first-order chi connectivity index (χ1) is 13.4. The van der Waals surface area contributed by atoms with E-state index < -0.39 is 10.0 Å². The number of hydrogen-bond acceptors (Lipinski definition) is 7. The minimum atomic E-state index is -3.87. The number of aryl methyl sites for hydroxylation is 2. The molecule has 1 aromatic carbocycles. The minimum absolute atomic E-state index is 0.0554. The first-order valence-corrected chi connectivity index (χ1v) is 10.0. The lowest BCUT2D eigenvalue weighted by atomic mass is 10.1. The van der Waals surface area contributed by atoms with E-state index in [0.717, 1.165) is 16.7 Å². The van der Waals surface area contributed by atoms with Crippen LogP contribution in [0.3, 0.4) is 0 Å². The molecular formula is C19H21N5O3S. The number of anilines is 2. The molecule has 3 rings (SSSR count). The molecule has 28 heavy (non-hydrogen) atoms. The molecule has 2 N–H and O–H groups in total. The minimum Gasteiger partial charge on any atom is -0.495 e. The van der Waals surface area contributed by atoms with Crippen LogP contribution in [0.2, 0.25) is 0 Å². The number of nitrogens with one attached hydrogen (secondary N) is 2. The van der Waals surface area contributed by atoms with E-state index in [1.54, 1.807) is 36.7 Å². The molecule has 2 heterocycles. The SMILES string of the molecule is COc1cc(C)c(C)cc1S(=O)(=O)Nc1ccc(NCc2ccncc2)nn1. The van der Waals surface area contributed by atoms with Gasteiger partial charge in [0.2, 0.25) is 0 Å². The molecule has 0 radical (unpaired) electrons. The molecule has 0 bridgehead atoms. The molecule has 0 aliphatic heterocycles. The predicted octanol–water partition coefficient (Wildman–Crippen LogP) is 2.91. The molecule has 0 atom stereocenters. The van der Waals surface area contributed by atoms with Crippen LogP contribution in [0.5, 0.6) is 5.75 Å². The van der Waals surface area contributed by atoms with E-state index in [4.69, 9.17) is 4.74 Å². The van der Waals surface area contributed by atoms with Crippen molar-refractivity contribution in [2.45, 2.75) is 25.3 Å². The molecule has 0 unspecified atom stereocenters. The molecule has 3 aromatic rings. The van der Waals surface area contributed by atoms with Crippen molar-refractivity contribution in [3.05, 3.63) is 65.5 Å². The summed E-state index contributed by atoms with van der Waals surface area (Å²) in [5.41, 5.74) is 2.84. The highest BCUT2D eigenvalue weighted by atomic mass is 32.2. The second-order valence-electron chi connectivity index (χ2n) is 6.21. The number of aromatic nitrogens is 3. The Morgan fingerprint density at radius 3 is 2.25 bits per heavy atom. The molecule has 8 nitrogen and oxygen atoms in total. The number of benzene rings is 1. The van der Waals surface area contributed by atoms with Gasteiger partial charge in [0.05, 0.1) is 7.11 Å². The topological polar surface area (TPSA) is 106 Å². The predicted molar refractivity (Wildman–Crippen MR) is 107 cm³/mol. The van der Waals surface area contributed by atoms with Crippen LogP contribution in [-0.4, -0.2) is 30.7 Å². The summed E-state index contributed by atoms with van der Waals surface area (Å²) < 4.78 is 33.2. The lowest BCUT2D eigenvalue weighted by Crippen LogP contribution is -2.16. The Labute approximate surface area is 164 Å². The molecule has 0 aliphatic rings. The molecule has 9 heteroatoms. The van der Waals surface area contributed by atoms with Gasteiger partial charge in [0, 0.05) is 18.9 Å². The zero-order chi connectivity index (χ0) is 20.1. The van der Waals surface area contributed by atoms with Crippen molar-refractivity contribution in [1.29, 1.82) is 0 Å². The third-order valence-electron chi connectivity index (χ3n) is 4.20. The second kappa shape index (κ2) is 8.22. The van der Waals surface area contributed by atoms with Gasteiger partial charge in [-0.05, 0) is 66.9 Å². The van der Waals surface area contributed by atoms with Gasteiger partial charge in [-0.1, -0.05) is 0 Å². The van der Waals surface area contributed by atoms with E-state index in [9.17, 15) is 8.42 Å². The Kier molecular flexibility index (Phi) is 5.74. The summed E-state index contributed by atoms with van der Waals surface area (Å²) in [4.78, 5) is 4.02. The fourth-order valence-electron chi connectivity index (χ4n) is 2.50. The van der Waals surface area contributed by atoms with Gasteiger partial charge in [-0.3, -0.25) is 9.71 Å². The van der Waals surface area contributed by atoms with Crippen LogP contribution in [0, 0.1) is 13.8 Å². The molecule has 146 valence electrons. The van der Waals surface area contributed by atoms with E-state index >= 15 is 0 Å². The van der Waals surface area contributed by atoms with Crippen molar-refractivity contribution in [2.75, 3.05) is 17.1 Å². The van der Waals surface area contributed by atoms with E-state index in [2.05, 4.69) is 25.2 Å². The number of pyridine rings is 1. The number of methoxy groups -OCH3 is 1. The third-order valence-corrected chi connectivity index (χ3v) is 5.57. The highest BCUT2D eigenvalue weighted by Gasteiger charge is 2.21. The Morgan fingerprint density at radius 1 is 0.964 bits per heavy atom. The Bertz CT molecular complexity index is 1050. The van der Waals surface area contributed by atoms with Crippen molar-refractivity contribution in [1.82, 2.24) is 15.2 Å². The Balaban J connectivity index is 1.73. The maximum absolute atomic E-state index is 12.8. The number of rotatable bonds is 7. The van der Waals surface area contributed by atoms with Gasteiger partial charge in [0.25, 0.3) is 10.0 Å².